The van der Waals surface area contributed by atoms with Crippen molar-refractivity contribution in [3.8, 4) is 11.5 Å². The highest BCUT2D eigenvalue weighted by Crippen LogP contribution is 2.48. The number of amides is 1. The predicted molar refractivity (Wildman–Crippen MR) is 149 cm³/mol. The molecule has 0 bridgehead atoms. The van der Waals surface area contributed by atoms with Gasteiger partial charge in [0.1, 0.15) is 23.1 Å². The lowest BCUT2D eigenvalue weighted by Gasteiger charge is -2.40. The van der Waals surface area contributed by atoms with Crippen molar-refractivity contribution in [3.63, 3.8) is 0 Å². The van der Waals surface area contributed by atoms with Crippen LogP contribution in [0.4, 0.5) is 5.82 Å². The minimum absolute atomic E-state index is 0.0454. The van der Waals surface area contributed by atoms with E-state index in [1.807, 2.05) is 55.5 Å². The van der Waals surface area contributed by atoms with Crippen molar-refractivity contribution in [1.29, 1.82) is 0 Å². The van der Waals surface area contributed by atoms with Gasteiger partial charge in [0.05, 0.1) is 20.1 Å². The average molecular weight is 574 g/mol. The Bertz CT molecular complexity index is 1430. The van der Waals surface area contributed by atoms with Crippen molar-refractivity contribution < 1.29 is 19.1 Å². The number of fused-ring (bicyclic) bond motifs is 1. The molecule has 2 heterocycles. The SMILES string of the molecule is COc1ccc(C2C(C(=O)Nc3ccc(Br)cn3)=C(C)NC3=CC(c4ccccc4)CC(=O)C32)c(OC)c1. The average Bonchev–Trinajstić information content (AvgIpc) is 2.93. The Kier molecular flexibility index (Phi) is 7.33. The van der Waals surface area contributed by atoms with Gasteiger partial charge in [-0.2, -0.15) is 0 Å². The Morgan fingerprint density at radius 2 is 1.84 bits per heavy atom. The summed E-state index contributed by atoms with van der Waals surface area (Å²) in [6.07, 6.45) is 4.09. The maximum atomic E-state index is 13.9. The van der Waals surface area contributed by atoms with Crippen LogP contribution < -0.4 is 20.1 Å². The molecule has 8 heteroatoms. The van der Waals surface area contributed by atoms with Gasteiger partial charge >= 0.3 is 0 Å². The summed E-state index contributed by atoms with van der Waals surface area (Å²) in [6, 6.07) is 19.0. The number of nitrogens with one attached hydrogen (secondary N) is 2. The highest BCUT2D eigenvalue weighted by molar-refractivity contribution is 9.10. The Hall–Kier alpha value is -3.91. The van der Waals surface area contributed by atoms with Crippen LogP contribution in [-0.4, -0.2) is 30.9 Å². The van der Waals surface area contributed by atoms with Gasteiger partial charge in [0, 0.05) is 57.5 Å². The fourth-order valence-corrected chi connectivity index (χ4v) is 5.57. The second kappa shape index (κ2) is 10.8. The molecule has 3 atom stereocenters. The number of hydrogen-bond donors (Lipinski definition) is 2. The molecule has 1 aliphatic carbocycles. The number of carbonyl (C=O) groups is 2. The molecular formula is C30H28BrN3O4. The lowest BCUT2D eigenvalue weighted by atomic mass is 9.68. The second-order valence-corrected chi connectivity index (χ2v) is 10.3. The summed E-state index contributed by atoms with van der Waals surface area (Å²) in [7, 11) is 3.16. The number of benzene rings is 2. The van der Waals surface area contributed by atoms with E-state index in [2.05, 4.69) is 37.6 Å². The number of rotatable bonds is 6. The van der Waals surface area contributed by atoms with Gasteiger partial charge in [0.15, 0.2) is 0 Å². The monoisotopic (exact) mass is 573 g/mol. The topological polar surface area (TPSA) is 89.5 Å². The molecule has 0 saturated heterocycles. The molecule has 5 rings (SSSR count). The molecule has 3 aromatic rings. The molecule has 2 aliphatic rings. The van der Waals surface area contributed by atoms with Crippen molar-refractivity contribution in [2.75, 3.05) is 19.5 Å². The quantitative estimate of drug-likeness (QED) is 0.392. The van der Waals surface area contributed by atoms with Crippen LogP contribution in [-0.2, 0) is 9.59 Å². The van der Waals surface area contributed by atoms with E-state index in [9.17, 15) is 9.59 Å². The molecule has 3 unspecified atom stereocenters. The summed E-state index contributed by atoms with van der Waals surface area (Å²) in [5.41, 5.74) is 3.76. The van der Waals surface area contributed by atoms with Crippen molar-refractivity contribution in [2.24, 2.45) is 5.92 Å². The van der Waals surface area contributed by atoms with Crippen LogP contribution in [0.3, 0.4) is 0 Å². The third-order valence-electron chi connectivity index (χ3n) is 7.08. The largest absolute Gasteiger partial charge is 0.497 e. The minimum Gasteiger partial charge on any atom is -0.497 e. The van der Waals surface area contributed by atoms with Gasteiger partial charge in [-0.05, 0) is 46.6 Å². The molecule has 0 saturated carbocycles. The summed E-state index contributed by atoms with van der Waals surface area (Å²) >= 11 is 3.37. The van der Waals surface area contributed by atoms with Gasteiger partial charge in [-0.15, -0.1) is 0 Å². The Balaban J connectivity index is 1.63. The number of ether oxygens (including phenoxy) is 2. The zero-order valence-corrected chi connectivity index (χ0v) is 22.9. The zero-order valence-electron chi connectivity index (χ0n) is 21.3. The van der Waals surface area contributed by atoms with Crippen molar-refractivity contribution >= 4 is 33.4 Å². The van der Waals surface area contributed by atoms with Gasteiger partial charge in [0.2, 0.25) is 0 Å². The molecule has 1 aromatic heterocycles. The maximum Gasteiger partial charge on any atom is 0.255 e. The fourth-order valence-electron chi connectivity index (χ4n) is 5.33. The third-order valence-corrected chi connectivity index (χ3v) is 7.55. The molecule has 1 amide bonds. The lowest BCUT2D eigenvalue weighted by Crippen LogP contribution is -2.42. The summed E-state index contributed by atoms with van der Waals surface area (Å²) < 4.78 is 11.9. The summed E-state index contributed by atoms with van der Waals surface area (Å²) in [5, 5.41) is 6.31. The molecule has 1 aliphatic heterocycles. The molecule has 0 fully saturated rings. The Morgan fingerprint density at radius 1 is 1.05 bits per heavy atom. The number of halogens is 1. The van der Waals surface area contributed by atoms with E-state index >= 15 is 0 Å². The van der Waals surface area contributed by atoms with Gasteiger partial charge in [0.25, 0.3) is 5.91 Å². The van der Waals surface area contributed by atoms with E-state index in [0.29, 0.717) is 35.0 Å². The van der Waals surface area contributed by atoms with E-state index in [0.717, 1.165) is 21.3 Å². The van der Waals surface area contributed by atoms with Crippen LogP contribution >= 0.6 is 15.9 Å². The maximum absolute atomic E-state index is 13.9. The molecule has 38 heavy (non-hydrogen) atoms. The van der Waals surface area contributed by atoms with E-state index < -0.39 is 11.8 Å². The van der Waals surface area contributed by atoms with Crippen molar-refractivity contribution in [1.82, 2.24) is 10.3 Å². The highest BCUT2D eigenvalue weighted by Gasteiger charge is 2.45. The fraction of sp³-hybridized carbons (Fsp3) is 0.233. The molecule has 2 N–H and O–H groups in total. The normalized spacial score (nSPS) is 20.7. The second-order valence-electron chi connectivity index (χ2n) is 9.35. The number of allylic oxidation sites excluding steroid dienone is 3. The van der Waals surface area contributed by atoms with Gasteiger partial charge in [-0.3, -0.25) is 9.59 Å². The molecule has 0 radical (unpaired) electrons. The Labute approximate surface area is 230 Å². The molecule has 194 valence electrons. The number of methoxy groups -OCH3 is 2. The van der Waals surface area contributed by atoms with Crippen LogP contribution in [0.2, 0.25) is 0 Å². The predicted octanol–water partition coefficient (Wildman–Crippen LogP) is 5.72. The first kappa shape index (κ1) is 25.7. The highest BCUT2D eigenvalue weighted by atomic mass is 79.9. The first-order chi connectivity index (χ1) is 18.4. The lowest BCUT2D eigenvalue weighted by molar-refractivity contribution is -0.123. The molecule has 7 nitrogen and oxygen atoms in total. The first-order valence-corrected chi connectivity index (χ1v) is 13.1. The number of anilines is 1. The summed E-state index contributed by atoms with van der Waals surface area (Å²) in [4.78, 5) is 31.9. The molecule has 2 aromatic carbocycles. The smallest absolute Gasteiger partial charge is 0.255 e. The van der Waals surface area contributed by atoms with Crippen LogP contribution in [0.15, 0.2) is 94.4 Å². The number of aromatic nitrogens is 1. The van der Waals surface area contributed by atoms with Gasteiger partial charge in [-0.25, -0.2) is 4.98 Å². The van der Waals surface area contributed by atoms with Crippen molar-refractivity contribution in [2.45, 2.75) is 25.2 Å². The number of hydrogen-bond acceptors (Lipinski definition) is 6. The standard InChI is InChI=1S/C30H28BrN3O4/c1-17-27(30(36)34-26-12-9-20(31)16-32-26)28(22-11-10-21(37-2)15-25(22)38-3)29-23(33-17)13-19(14-24(29)35)18-7-5-4-6-8-18/h4-13,15-16,19,28-29,33H,14H2,1-3H3,(H,32,34,36). The van der Waals surface area contributed by atoms with Crippen molar-refractivity contribution in [3.05, 3.63) is 106 Å². The van der Waals surface area contributed by atoms with E-state index in [1.165, 1.54) is 0 Å². The Morgan fingerprint density at radius 3 is 2.53 bits per heavy atom. The van der Waals surface area contributed by atoms with Crippen LogP contribution in [0.1, 0.15) is 36.3 Å². The van der Waals surface area contributed by atoms with E-state index in [1.54, 1.807) is 32.5 Å². The number of Topliss-reactive ketones (excluding diaryl/α,β-unsaturated/α-hetero) is 1. The number of ketones is 1. The first-order valence-electron chi connectivity index (χ1n) is 12.3. The number of pyridine rings is 1. The zero-order chi connectivity index (χ0) is 26.8. The minimum atomic E-state index is -0.570. The summed E-state index contributed by atoms with van der Waals surface area (Å²) in [6.45, 7) is 1.86. The summed E-state index contributed by atoms with van der Waals surface area (Å²) in [5.74, 6) is 0.141. The number of carbonyl (C=O) groups excluding carboxylic acids is 2. The van der Waals surface area contributed by atoms with Crippen LogP contribution in [0.5, 0.6) is 11.5 Å². The third kappa shape index (κ3) is 4.96. The van der Waals surface area contributed by atoms with Crippen LogP contribution in [0.25, 0.3) is 0 Å². The van der Waals surface area contributed by atoms with E-state index in [4.69, 9.17) is 9.47 Å². The van der Waals surface area contributed by atoms with Gasteiger partial charge < -0.3 is 20.1 Å². The van der Waals surface area contributed by atoms with Gasteiger partial charge in [-0.1, -0.05) is 42.5 Å². The van der Waals surface area contributed by atoms with E-state index in [-0.39, 0.29) is 17.6 Å². The molecular weight excluding hydrogens is 546 g/mol. The number of nitrogens with zero attached hydrogens (tertiary/aromatic N) is 1. The van der Waals surface area contributed by atoms with Crippen LogP contribution in [0, 0.1) is 5.92 Å². The molecule has 0 spiro atoms.